The highest BCUT2D eigenvalue weighted by Crippen LogP contribution is 2.33. The number of rotatable bonds is 2. The normalized spacial score (nSPS) is 11.5. The zero-order valence-electron chi connectivity index (χ0n) is 12.4. The molecule has 0 fully saturated rings. The summed E-state index contributed by atoms with van der Waals surface area (Å²) in [4.78, 5) is 27.1. The molecule has 2 N–H and O–H groups in total. The fourth-order valence-electron chi connectivity index (χ4n) is 2.39. The molecule has 128 valence electrons. The molecule has 2 aromatic carbocycles. The Labute approximate surface area is 144 Å². The first-order chi connectivity index (χ1) is 11.8. The second-order valence-electron chi connectivity index (χ2n) is 5.22. The first kappa shape index (κ1) is 17.0. The number of amides is 1. The van der Waals surface area contributed by atoms with Crippen LogP contribution in [0.2, 0.25) is 5.02 Å². The average molecular weight is 367 g/mol. The molecule has 0 atom stereocenters. The monoisotopic (exact) mass is 366 g/mol. The number of para-hydroxylation sites is 1. The van der Waals surface area contributed by atoms with Gasteiger partial charge in [-0.1, -0.05) is 17.7 Å². The first-order valence-corrected chi connectivity index (χ1v) is 7.43. The second kappa shape index (κ2) is 6.25. The smallest absolute Gasteiger partial charge is 0.360 e. The summed E-state index contributed by atoms with van der Waals surface area (Å²) in [5.41, 5.74) is -2.00. The van der Waals surface area contributed by atoms with Crippen molar-refractivity contribution in [3.63, 3.8) is 0 Å². The maximum absolute atomic E-state index is 13.0. The van der Waals surface area contributed by atoms with Gasteiger partial charge in [0.15, 0.2) is 0 Å². The summed E-state index contributed by atoms with van der Waals surface area (Å²) >= 11 is 5.75. The third kappa shape index (κ3) is 3.36. The van der Waals surface area contributed by atoms with E-state index in [0.29, 0.717) is 10.7 Å². The molecule has 4 nitrogen and oxygen atoms in total. The van der Waals surface area contributed by atoms with E-state index in [1.54, 1.807) is 12.1 Å². The second-order valence-corrected chi connectivity index (χ2v) is 5.65. The van der Waals surface area contributed by atoms with Crippen LogP contribution in [-0.4, -0.2) is 10.9 Å². The van der Waals surface area contributed by atoms with Crippen LogP contribution >= 0.6 is 11.6 Å². The van der Waals surface area contributed by atoms with Crippen LogP contribution in [0, 0.1) is 0 Å². The van der Waals surface area contributed by atoms with Crippen LogP contribution in [0.15, 0.2) is 53.5 Å². The maximum atomic E-state index is 13.0. The van der Waals surface area contributed by atoms with Crippen molar-refractivity contribution in [1.82, 2.24) is 4.98 Å². The van der Waals surface area contributed by atoms with Crippen molar-refractivity contribution >= 4 is 34.1 Å². The quantitative estimate of drug-likeness (QED) is 0.703. The zero-order valence-corrected chi connectivity index (χ0v) is 13.2. The molecule has 1 heterocycles. The molecule has 3 aromatic rings. The van der Waals surface area contributed by atoms with Crippen LogP contribution in [0.4, 0.5) is 18.9 Å². The lowest BCUT2D eigenvalue weighted by Gasteiger charge is -2.11. The van der Waals surface area contributed by atoms with Gasteiger partial charge in [-0.3, -0.25) is 9.59 Å². The molecule has 3 rings (SSSR count). The Hall–Kier alpha value is -2.80. The van der Waals surface area contributed by atoms with E-state index in [0.717, 1.165) is 18.3 Å². The molecule has 0 saturated heterocycles. The molecule has 8 heteroatoms. The van der Waals surface area contributed by atoms with Gasteiger partial charge in [-0.15, -0.1) is 0 Å². The van der Waals surface area contributed by atoms with Crippen molar-refractivity contribution in [1.29, 1.82) is 0 Å². The van der Waals surface area contributed by atoms with Gasteiger partial charge in [0.05, 0.1) is 11.1 Å². The van der Waals surface area contributed by atoms with Crippen molar-refractivity contribution < 1.29 is 18.0 Å². The Kier molecular flexibility index (Phi) is 4.26. The van der Waals surface area contributed by atoms with E-state index in [2.05, 4.69) is 10.3 Å². The molecular weight excluding hydrogens is 357 g/mol. The van der Waals surface area contributed by atoms with Gasteiger partial charge in [0, 0.05) is 22.3 Å². The minimum atomic E-state index is -4.62. The van der Waals surface area contributed by atoms with Crippen molar-refractivity contribution in [2.75, 3.05) is 5.32 Å². The van der Waals surface area contributed by atoms with Crippen molar-refractivity contribution in [3.05, 3.63) is 75.0 Å². The number of benzene rings is 2. The number of pyridine rings is 1. The summed E-state index contributed by atoms with van der Waals surface area (Å²) in [5.74, 6) is -0.733. The first-order valence-electron chi connectivity index (χ1n) is 7.06. The Morgan fingerprint density at radius 3 is 2.40 bits per heavy atom. The fourth-order valence-corrected chi connectivity index (χ4v) is 2.51. The Bertz CT molecular complexity index is 1010. The van der Waals surface area contributed by atoms with E-state index < -0.39 is 23.1 Å². The SMILES string of the molecule is O=C(Nc1ccc(Cl)cc1)c1c[nH]c2c(C(F)(F)F)cccc2c1=O. The lowest BCUT2D eigenvalue weighted by atomic mass is 10.1. The number of hydrogen-bond acceptors (Lipinski definition) is 2. The molecule has 0 bridgehead atoms. The molecule has 0 radical (unpaired) electrons. The van der Waals surface area contributed by atoms with Crippen LogP contribution in [0.1, 0.15) is 15.9 Å². The number of halogens is 4. The molecule has 1 amide bonds. The van der Waals surface area contributed by atoms with Crippen LogP contribution < -0.4 is 10.7 Å². The number of aromatic amines is 1. The Morgan fingerprint density at radius 2 is 1.76 bits per heavy atom. The summed E-state index contributed by atoms with van der Waals surface area (Å²) < 4.78 is 39.0. The molecule has 0 aliphatic carbocycles. The average Bonchev–Trinajstić information content (AvgIpc) is 2.56. The number of aromatic nitrogens is 1. The minimum absolute atomic E-state index is 0.210. The number of nitrogens with one attached hydrogen (secondary N) is 2. The van der Waals surface area contributed by atoms with Crippen molar-refractivity contribution in [2.24, 2.45) is 0 Å². The summed E-state index contributed by atoms with van der Waals surface area (Å²) in [6.07, 6.45) is -3.64. The highest BCUT2D eigenvalue weighted by Gasteiger charge is 2.33. The summed E-state index contributed by atoms with van der Waals surface area (Å²) in [6.45, 7) is 0. The molecule has 0 aliphatic heterocycles. The van der Waals surface area contributed by atoms with E-state index in [4.69, 9.17) is 11.6 Å². The summed E-state index contributed by atoms with van der Waals surface area (Å²) in [7, 11) is 0. The predicted molar refractivity (Wildman–Crippen MR) is 89.0 cm³/mol. The highest BCUT2D eigenvalue weighted by atomic mass is 35.5. The van der Waals surface area contributed by atoms with Crippen molar-refractivity contribution in [2.45, 2.75) is 6.18 Å². The van der Waals surface area contributed by atoms with Gasteiger partial charge in [-0.25, -0.2) is 0 Å². The summed E-state index contributed by atoms with van der Waals surface area (Å²) in [6, 6.07) is 9.42. The lowest BCUT2D eigenvalue weighted by Crippen LogP contribution is -2.22. The van der Waals surface area contributed by atoms with Gasteiger partial charge < -0.3 is 10.3 Å². The van der Waals surface area contributed by atoms with Gasteiger partial charge >= 0.3 is 6.18 Å². The summed E-state index contributed by atoms with van der Waals surface area (Å²) in [5, 5.41) is 2.76. The highest BCUT2D eigenvalue weighted by molar-refractivity contribution is 6.30. The van der Waals surface area contributed by atoms with E-state index >= 15 is 0 Å². The van der Waals surface area contributed by atoms with Crippen molar-refractivity contribution in [3.8, 4) is 0 Å². The van der Waals surface area contributed by atoms with Crippen LogP contribution in [0.5, 0.6) is 0 Å². The predicted octanol–water partition coefficient (Wildman–Crippen LogP) is 4.45. The molecule has 0 spiro atoms. The molecule has 0 unspecified atom stereocenters. The van der Waals surface area contributed by atoms with Gasteiger partial charge in [0.1, 0.15) is 5.56 Å². The molecule has 0 aliphatic rings. The standard InChI is InChI=1S/C17H10ClF3N2O2/c18-9-4-6-10(7-5-9)23-16(25)12-8-22-14-11(15(12)24)2-1-3-13(14)17(19,20)21/h1-8H,(H,22,24)(H,23,25). The van der Waals surface area contributed by atoms with E-state index in [1.807, 2.05) is 0 Å². The number of anilines is 1. The maximum Gasteiger partial charge on any atom is 0.418 e. The van der Waals surface area contributed by atoms with Gasteiger partial charge in [0.2, 0.25) is 5.43 Å². The molecular formula is C17H10ClF3N2O2. The topological polar surface area (TPSA) is 62.0 Å². The van der Waals surface area contributed by atoms with Crippen LogP contribution in [-0.2, 0) is 6.18 Å². The number of alkyl halides is 3. The number of H-pyrrole nitrogens is 1. The van der Waals surface area contributed by atoms with E-state index in [-0.39, 0.29) is 16.5 Å². The van der Waals surface area contributed by atoms with Crippen LogP contribution in [0.3, 0.4) is 0 Å². The third-order valence-electron chi connectivity index (χ3n) is 3.57. The number of carbonyl (C=O) groups excluding carboxylic acids is 1. The molecule has 25 heavy (non-hydrogen) atoms. The Balaban J connectivity index is 2.03. The zero-order chi connectivity index (χ0) is 18.2. The van der Waals surface area contributed by atoms with Gasteiger partial charge in [-0.05, 0) is 36.4 Å². The largest absolute Gasteiger partial charge is 0.418 e. The number of fused-ring (bicyclic) bond motifs is 1. The van der Waals surface area contributed by atoms with Crippen LogP contribution in [0.25, 0.3) is 10.9 Å². The number of carbonyl (C=O) groups is 1. The minimum Gasteiger partial charge on any atom is -0.360 e. The van der Waals surface area contributed by atoms with E-state index in [9.17, 15) is 22.8 Å². The van der Waals surface area contributed by atoms with Gasteiger partial charge in [-0.2, -0.15) is 13.2 Å². The molecule has 1 aromatic heterocycles. The van der Waals surface area contributed by atoms with E-state index in [1.165, 1.54) is 18.2 Å². The lowest BCUT2D eigenvalue weighted by molar-refractivity contribution is -0.136. The third-order valence-corrected chi connectivity index (χ3v) is 3.82. The number of hydrogen-bond donors (Lipinski definition) is 2. The van der Waals surface area contributed by atoms with Gasteiger partial charge in [0.25, 0.3) is 5.91 Å². The Morgan fingerprint density at radius 1 is 1.08 bits per heavy atom. The molecule has 0 saturated carbocycles. The fraction of sp³-hybridized carbons (Fsp3) is 0.0588.